The maximum Gasteiger partial charge on any atom is 0.141 e. The quantitative estimate of drug-likeness (QED) is 0.850. The van der Waals surface area contributed by atoms with Crippen molar-refractivity contribution >= 4 is 5.78 Å². The molecule has 4 aliphatic rings. The summed E-state index contributed by atoms with van der Waals surface area (Å²) < 4.78 is 5.77. The Kier molecular flexibility index (Phi) is 3.91. The number of carbonyl (C=O) groups is 1. The molecule has 132 valence electrons. The molecule has 0 aromatic rings. The molecule has 4 aliphatic carbocycles. The number of aliphatic hydroxyl groups excluding tert-OH is 1. The van der Waals surface area contributed by atoms with Crippen LogP contribution in [0.25, 0.3) is 0 Å². The zero-order chi connectivity index (χ0) is 16.9. The van der Waals surface area contributed by atoms with E-state index in [0.29, 0.717) is 30.0 Å². The molecule has 0 aliphatic heterocycles. The first kappa shape index (κ1) is 16.4. The zero-order valence-electron chi connectivity index (χ0n) is 15.0. The number of ketones is 1. The number of allylic oxidation sites excluding steroid dienone is 4. The third-order valence-corrected chi connectivity index (χ3v) is 7.79. The minimum atomic E-state index is -0.413. The number of Topliss-reactive ketones (excluding diaryl/α,β-unsaturated/α-hetero) is 1. The fourth-order valence-electron chi connectivity index (χ4n) is 6.47. The van der Waals surface area contributed by atoms with E-state index < -0.39 is 5.41 Å². The predicted molar refractivity (Wildman–Crippen MR) is 93.2 cm³/mol. The van der Waals surface area contributed by atoms with Gasteiger partial charge in [0.05, 0.1) is 24.4 Å². The van der Waals surface area contributed by atoms with Gasteiger partial charge in [-0.15, -0.1) is 0 Å². The summed E-state index contributed by atoms with van der Waals surface area (Å²) in [5.41, 5.74) is 1.26. The van der Waals surface area contributed by atoms with Crippen LogP contribution in [0.3, 0.4) is 0 Å². The molecule has 0 aromatic heterocycles. The molecule has 0 saturated heterocycles. The highest BCUT2D eigenvalue weighted by Gasteiger charge is 2.59. The summed E-state index contributed by atoms with van der Waals surface area (Å²) in [6, 6.07) is 0. The Balaban J connectivity index is 1.67. The fourth-order valence-corrected chi connectivity index (χ4v) is 6.47. The number of carbonyl (C=O) groups excluding carboxylic acids is 1. The maximum absolute atomic E-state index is 12.5. The van der Waals surface area contributed by atoms with Crippen molar-refractivity contribution in [3.8, 4) is 0 Å². The molecule has 3 nitrogen and oxygen atoms in total. The summed E-state index contributed by atoms with van der Waals surface area (Å²) in [6.07, 6.45) is 11.6. The second kappa shape index (κ2) is 5.72. The summed E-state index contributed by atoms with van der Waals surface area (Å²) in [5.74, 6) is 3.06. The monoisotopic (exact) mass is 330 g/mol. The second-order valence-corrected chi connectivity index (χ2v) is 8.55. The van der Waals surface area contributed by atoms with Gasteiger partial charge in [-0.2, -0.15) is 0 Å². The molecule has 0 amide bonds. The van der Waals surface area contributed by atoms with Crippen molar-refractivity contribution in [1.29, 1.82) is 0 Å². The molecule has 24 heavy (non-hydrogen) atoms. The van der Waals surface area contributed by atoms with E-state index >= 15 is 0 Å². The van der Waals surface area contributed by atoms with Crippen LogP contribution in [0.1, 0.15) is 58.8 Å². The van der Waals surface area contributed by atoms with Gasteiger partial charge in [0.2, 0.25) is 0 Å². The van der Waals surface area contributed by atoms with Crippen molar-refractivity contribution in [2.24, 2.45) is 28.6 Å². The minimum absolute atomic E-state index is 0.0569. The van der Waals surface area contributed by atoms with E-state index in [4.69, 9.17) is 4.74 Å². The van der Waals surface area contributed by atoms with Crippen molar-refractivity contribution in [1.82, 2.24) is 0 Å². The summed E-state index contributed by atoms with van der Waals surface area (Å²) in [4.78, 5) is 12.5. The number of hydrogen-bond donors (Lipinski definition) is 1. The van der Waals surface area contributed by atoms with Gasteiger partial charge in [-0.25, -0.2) is 0 Å². The van der Waals surface area contributed by atoms with Crippen LogP contribution in [0.4, 0.5) is 0 Å². The van der Waals surface area contributed by atoms with E-state index in [1.54, 1.807) is 0 Å². The number of aliphatic hydroxyl groups is 1. The van der Waals surface area contributed by atoms with Gasteiger partial charge in [0.15, 0.2) is 0 Å². The minimum Gasteiger partial charge on any atom is -0.498 e. The first-order valence-electron chi connectivity index (χ1n) is 9.73. The average Bonchev–Trinajstić information content (AvgIpc) is 2.93. The molecule has 1 N–H and O–H groups in total. The average molecular weight is 330 g/mol. The van der Waals surface area contributed by atoms with Crippen LogP contribution in [0.15, 0.2) is 23.5 Å². The highest BCUT2D eigenvalue weighted by molar-refractivity contribution is 5.87. The molecule has 4 rings (SSSR count). The lowest BCUT2D eigenvalue weighted by Crippen LogP contribution is -2.51. The van der Waals surface area contributed by atoms with Gasteiger partial charge < -0.3 is 9.84 Å². The summed E-state index contributed by atoms with van der Waals surface area (Å²) >= 11 is 0. The molecule has 0 aromatic carbocycles. The van der Waals surface area contributed by atoms with Crippen molar-refractivity contribution < 1.29 is 14.6 Å². The van der Waals surface area contributed by atoms with Gasteiger partial charge in [0.25, 0.3) is 0 Å². The molecule has 0 unspecified atom stereocenters. The molecular weight excluding hydrogens is 300 g/mol. The molecule has 5 atom stereocenters. The van der Waals surface area contributed by atoms with E-state index in [2.05, 4.69) is 19.1 Å². The molecule has 0 spiro atoms. The standard InChI is InChI=1S/C21H30O3/c1-3-24-15-8-10-20(2)14(12-15)4-5-16-17(20)9-11-21(13-22)18(16)6-7-19(21)23/h4,12,16-18,22H,3,5-11,13H2,1-2H3/t16-,17+,18+,20+,21-/m1/s1. The first-order valence-corrected chi connectivity index (χ1v) is 9.73. The van der Waals surface area contributed by atoms with Crippen LogP contribution in [0, 0.1) is 28.6 Å². The molecule has 2 fully saturated rings. The van der Waals surface area contributed by atoms with E-state index in [1.807, 2.05) is 6.92 Å². The molecule has 0 heterocycles. The fraction of sp³-hybridized carbons (Fsp3) is 0.762. The van der Waals surface area contributed by atoms with Crippen molar-refractivity contribution in [2.45, 2.75) is 58.8 Å². The second-order valence-electron chi connectivity index (χ2n) is 8.55. The Morgan fingerprint density at radius 2 is 2.08 bits per heavy atom. The summed E-state index contributed by atoms with van der Waals surface area (Å²) in [7, 11) is 0. The SMILES string of the molecule is CCOC1=CC2=CC[C@H]3[C@@H]4CCC(=O)[C@@]4(CO)CC[C@@H]3[C@@]2(C)CC1. The van der Waals surface area contributed by atoms with Gasteiger partial charge in [-0.3, -0.25) is 4.79 Å². The van der Waals surface area contributed by atoms with Crippen LogP contribution < -0.4 is 0 Å². The normalized spacial score (nSPS) is 44.1. The van der Waals surface area contributed by atoms with Gasteiger partial charge in [-0.05, 0) is 73.8 Å². The van der Waals surface area contributed by atoms with Crippen LogP contribution in [0.2, 0.25) is 0 Å². The largest absolute Gasteiger partial charge is 0.498 e. The molecule has 2 saturated carbocycles. The Bertz CT molecular complexity index is 604. The van der Waals surface area contributed by atoms with Crippen molar-refractivity contribution in [3.05, 3.63) is 23.5 Å². The van der Waals surface area contributed by atoms with Crippen LogP contribution >= 0.6 is 0 Å². The van der Waals surface area contributed by atoms with Gasteiger partial charge in [0, 0.05) is 12.8 Å². The number of ether oxygens (including phenoxy) is 1. The van der Waals surface area contributed by atoms with E-state index in [-0.39, 0.29) is 12.0 Å². The summed E-state index contributed by atoms with van der Waals surface area (Å²) in [5, 5.41) is 10.0. The van der Waals surface area contributed by atoms with E-state index in [0.717, 1.165) is 50.9 Å². The zero-order valence-corrected chi connectivity index (χ0v) is 15.0. The van der Waals surface area contributed by atoms with Gasteiger partial charge in [0.1, 0.15) is 5.78 Å². The highest BCUT2D eigenvalue weighted by atomic mass is 16.5. The lowest BCUT2D eigenvalue weighted by Gasteiger charge is -2.56. The Morgan fingerprint density at radius 1 is 1.25 bits per heavy atom. The lowest BCUT2D eigenvalue weighted by atomic mass is 9.48. The van der Waals surface area contributed by atoms with Crippen LogP contribution in [-0.4, -0.2) is 24.1 Å². The smallest absolute Gasteiger partial charge is 0.141 e. The molecule has 0 radical (unpaired) electrons. The Labute approximate surface area is 145 Å². The van der Waals surface area contributed by atoms with Crippen molar-refractivity contribution in [2.75, 3.05) is 13.2 Å². The number of fused-ring (bicyclic) bond motifs is 5. The van der Waals surface area contributed by atoms with Crippen molar-refractivity contribution in [3.63, 3.8) is 0 Å². The number of hydrogen-bond acceptors (Lipinski definition) is 3. The summed E-state index contributed by atoms with van der Waals surface area (Å²) in [6.45, 7) is 5.27. The predicted octanol–water partition coefficient (Wildman–Crippen LogP) is 4.02. The Hall–Kier alpha value is -1.09. The molecular formula is C21H30O3. The topological polar surface area (TPSA) is 46.5 Å². The number of rotatable bonds is 3. The van der Waals surface area contributed by atoms with Gasteiger partial charge in [-0.1, -0.05) is 13.0 Å². The third-order valence-electron chi connectivity index (χ3n) is 7.79. The first-order chi connectivity index (χ1) is 11.5. The highest BCUT2D eigenvalue weighted by Crippen LogP contribution is 2.63. The molecule has 0 bridgehead atoms. The third kappa shape index (κ3) is 2.09. The van der Waals surface area contributed by atoms with Crippen LogP contribution in [-0.2, 0) is 9.53 Å². The molecule has 3 heteroatoms. The Morgan fingerprint density at radius 3 is 2.83 bits per heavy atom. The maximum atomic E-state index is 12.5. The van der Waals surface area contributed by atoms with Gasteiger partial charge >= 0.3 is 0 Å². The lowest BCUT2D eigenvalue weighted by molar-refractivity contribution is -0.137. The van der Waals surface area contributed by atoms with E-state index in [9.17, 15) is 9.90 Å². The van der Waals surface area contributed by atoms with E-state index in [1.165, 1.54) is 5.57 Å². The van der Waals surface area contributed by atoms with Crippen LogP contribution in [0.5, 0.6) is 0 Å².